The third kappa shape index (κ3) is 7.41. The number of aromatic nitrogens is 1. The highest BCUT2D eigenvalue weighted by molar-refractivity contribution is 7.87. The molecule has 1 aromatic heterocycles. The summed E-state index contributed by atoms with van der Waals surface area (Å²) in [7, 11) is -1.19. The number of carbonyl (C=O) groups is 1. The second kappa shape index (κ2) is 10.6. The first-order valence-corrected chi connectivity index (χ1v) is 13.0. The van der Waals surface area contributed by atoms with Crippen LogP contribution in [0.15, 0.2) is 47.8 Å². The summed E-state index contributed by atoms with van der Waals surface area (Å²) in [6.07, 6.45) is 0.433. The maximum atomic E-state index is 12.8. The Kier molecular flexibility index (Phi) is 8.04. The van der Waals surface area contributed by atoms with Crippen LogP contribution in [0.2, 0.25) is 0 Å². The Bertz CT molecular complexity index is 1260. The summed E-state index contributed by atoms with van der Waals surface area (Å²) in [4.78, 5) is 17.6. The zero-order valence-electron chi connectivity index (χ0n) is 20.2. The number of hydrogen-bond acceptors (Lipinski definition) is 7. The fourth-order valence-corrected chi connectivity index (χ4v) is 4.52. The summed E-state index contributed by atoms with van der Waals surface area (Å²) in [5, 5.41) is 5.73. The molecule has 9 nitrogen and oxygen atoms in total. The van der Waals surface area contributed by atoms with Crippen molar-refractivity contribution in [1.82, 2.24) is 10.3 Å². The van der Waals surface area contributed by atoms with Crippen LogP contribution in [0.1, 0.15) is 37.4 Å². The van der Waals surface area contributed by atoms with Crippen molar-refractivity contribution in [3.05, 3.63) is 58.4 Å². The molecule has 0 unspecified atom stereocenters. The van der Waals surface area contributed by atoms with E-state index in [0.29, 0.717) is 17.9 Å². The van der Waals surface area contributed by atoms with Crippen LogP contribution < -0.4 is 19.5 Å². The second-order valence-electron chi connectivity index (χ2n) is 8.93. The lowest BCUT2D eigenvalue weighted by Gasteiger charge is -2.23. The largest absolute Gasteiger partial charge is 0.497 e. The molecule has 1 heterocycles. The molecular formula is C24H29N3O6S2. The van der Waals surface area contributed by atoms with Gasteiger partial charge in [-0.15, -0.1) is 11.3 Å². The molecule has 3 rings (SSSR count). The lowest BCUT2D eigenvalue weighted by atomic mass is 9.94. The molecule has 2 aromatic carbocycles. The number of ether oxygens (including phenoxy) is 2. The first-order valence-electron chi connectivity index (χ1n) is 10.7. The van der Waals surface area contributed by atoms with E-state index in [4.69, 9.17) is 19.0 Å². The Morgan fingerprint density at radius 1 is 1.09 bits per heavy atom. The predicted molar refractivity (Wildman–Crippen MR) is 136 cm³/mol. The highest BCUT2D eigenvalue weighted by Crippen LogP contribution is 2.33. The van der Waals surface area contributed by atoms with Crippen molar-refractivity contribution in [3.8, 4) is 22.8 Å². The second-order valence-corrected chi connectivity index (χ2v) is 11.0. The number of rotatable bonds is 9. The van der Waals surface area contributed by atoms with Gasteiger partial charge in [-0.3, -0.25) is 14.1 Å². The van der Waals surface area contributed by atoms with Crippen molar-refractivity contribution in [3.63, 3.8) is 0 Å². The molecule has 3 N–H and O–H groups in total. The fraction of sp³-hybridized carbons (Fsp3) is 0.333. The van der Waals surface area contributed by atoms with Gasteiger partial charge in [0.15, 0.2) is 0 Å². The molecule has 0 spiro atoms. The maximum absolute atomic E-state index is 12.8. The number of nitrogens with zero attached hydrogens (tertiary/aromatic N) is 1. The first-order chi connectivity index (χ1) is 16.4. The molecule has 188 valence electrons. The van der Waals surface area contributed by atoms with Crippen molar-refractivity contribution in [2.24, 2.45) is 5.41 Å². The number of methoxy groups -OCH3 is 2. The minimum Gasteiger partial charge on any atom is -0.497 e. The highest BCUT2D eigenvalue weighted by Gasteiger charge is 2.27. The molecule has 1 amide bonds. The van der Waals surface area contributed by atoms with Crippen LogP contribution in [0.4, 0.5) is 5.69 Å². The Morgan fingerprint density at radius 3 is 2.20 bits per heavy atom. The number of nitrogens with one attached hydrogen (secondary N) is 2. The van der Waals surface area contributed by atoms with Gasteiger partial charge in [0.1, 0.15) is 16.5 Å². The van der Waals surface area contributed by atoms with Gasteiger partial charge in [-0.1, -0.05) is 32.9 Å². The summed E-state index contributed by atoms with van der Waals surface area (Å²) in [5.41, 5.74) is 2.04. The van der Waals surface area contributed by atoms with Crippen LogP contribution in [-0.2, 0) is 21.5 Å². The van der Waals surface area contributed by atoms with E-state index in [2.05, 4.69) is 5.32 Å². The topological polar surface area (TPSA) is 127 Å². The zero-order valence-corrected chi connectivity index (χ0v) is 21.8. The van der Waals surface area contributed by atoms with Crippen LogP contribution >= 0.6 is 11.3 Å². The zero-order chi connectivity index (χ0) is 25.8. The lowest BCUT2D eigenvalue weighted by molar-refractivity contribution is -0.129. The van der Waals surface area contributed by atoms with Gasteiger partial charge in [-0.05, 0) is 36.2 Å². The van der Waals surface area contributed by atoms with E-state index in [9.17, 15) is 13.2 Å². The predicted octanol–water partition coefficient (Wildman–Crippen LogP) is 4.49. The summed E-state index contributed by atoms with van der Waals surface area (Å²) >= 11 is 1.43. The average Bonchev–Trinajstić information content (AvgIpc) is 3.28. The average molecular weight is 520 g/mol. The summed E-state index contributed by atoms with van der Waals surface area (Å²) < 4.78 is 43.8. The van der Waals surface area contributed by atoms with Crippen LogP contribution in [0.25, 0.3) is 11.3 Å². The van der Waals surface area contributed by atoms with E-state index in [1.807, 2.05) is 43.0 Å². The minimum absolute atomic E-state index is 0.119. The molecule has 0 aliphatic carbocycles. The normalized spacial score (nSPS) is 12.6. The number of hydrogen-bond donors (Lipinski definition) is 3. The van der Waals surface area contributed by atoms with Crippen molar-refractivity contribution >= 4 is 33.2 Å². The third-order valence-corrected chi connectivity index (χ3v) is 6.55. The molecule has 11 heteroatoms. The smallest absolute Gasteiger partial charge is 0.357 e. The van der Waals surface area contributed by atoms with Crippen LogP contribution in [0, 0.1) is 5.41 Å². The number of amides is 1. The van der Waals surface area contributed by atoms with Gasteiger partial charge >= 0.3 is 10.3 Å². The van der Waals surface area contributed by atoms with Crippen molar-refractivity contribution in [2.45, 2.75) is 33.2 Å². The Balaban J connectivity index is 1.91. The van der Waals surface area contributed by atoms with E-state index < -0.39 is 21.8 Å². The molecule has 3 aromatic rings. The standard InChI is InChI=1S/C24H29N3O6S2/c1-24(2,3)23(28)26-20(10-15-6-8-17(9-7-15)27-35(29,30)31)22-25-21(14-34-22)16-11-18(32-4)13-19(12-16)33-5/h6-9,11-14,20,27H,10H2,1-5H3,(H,26,28)(H,29,30,31)/t20-/m0/s1. The molecule has 0 bridgehead atoms. The van der Waals surface area contributed by atoms with Crippen LogP contribution in [0.5, 0.6) is 11.5 Å². The number of carbonyl (C=O) groups excluding carboxylic acids is 1. The quantitative estimate of drug-likeness (QED) is 0.356. The maximum Gasteiger partial charge on any atom is 0.357 e. The summed E-state index contributed by atoms with van der Waals surface area (Å²) in [5.74, 6) is 1.17. The minimum atomic E-state index is -4.36. The Labute approximate surface area is 209 Å². The number of anilines is 1. The summed E-state index contributed by atoms with van der Waals surface area (Å²) in [6.45, 7) is 5.51. The van der Waals surface area contributed by atoms with Gasteiger partial charge < -0.3 is 14.8 Å². The van der Waals surface area contributed by atoms with Crippen LogP contribution in [-0.4, -0.2) is 38.1 Å². The Morgan fingerprint density at radius 2 is 1.69 bits per heavy atom. The van der Waals surface area contributed by atoms with E-state index in [1.165, 1.54) is 11.3 Å². The Hall–Kier alpha value is -3.15. The fourth-order valence-electron chi connectivity index (χ4n) is 3.20. The van der Waals surface area contributed by atoms with E-state index in [1.54, 1.807) is 44.6 Å². The lowest BCUT2D eigenvalue weighted by Crippen LogP contribution is -2.38. The molecule has 0 radical (unpaired) electrons. The molecule has 1 atom stereocenters. The highest BCUT2D eigenvalue weighted by atomic mass is 32.2. The van der Waals surface area contributed by atoms with E-state index >= 15 is 0 Å². The van der Waals surface area contributed by atoms with Crippen molar-refractivity contribution in [2.75, 3.05) is 18.9 Å². The van der Waals surface area contributed by atoms with Gasteiger partial charge in [0.2, 0.25) is 5.91 Å². The molecule has 0 aliphatic heterocycles. The molecule has 0 saturated heterocycles. The molecule has 0 fully saturated rings. The third-order valence-electron chi connectivity index (χ3n) is 5.09. The van der Waals surface area contributed by atoms with Crippen LogP contribution in [0.3, 0.4) is 0 Å². The monoisotopic (exact) mass is 519 g/mol. The molecule has 0 saturated carbocycles. The van der Waals surface area contributed by atoms with Gasteiger partial charge in [0.05, 0.1) is 31.6 Å². The van der Waals surface area contributed by atoms with Gasteiger partial charge in [0, 0.05) is 22.4 Å². The van der Waals surface area contributed by atoms with E-state index in [0.717, 1.165) is 21.8 Å². The van der Waals surface area contributed by atoms with Gasteiger partial charge in [-0.25, -0.2) is 4.98 Å². The summed E-state index contributed by atoms with van der Waals surface area (Å²) in [6, 6.07) is 11.6. The SMILES string of the molecule is COc1cc(OC)cc(-c2csc([C@H](Cc3ccc(NS(=O)(=O)O)cc3)NC(=O)C(C)(C)C)n2)c1. The molecule has 0 aliphatic rings. The first kappa shape index (κ1) is 26.5. The number of thiazole rings is 1. The van der Waals surface area contributed by atoms with Gasteiger partial charge in [-0.2, -0.15) is 8.42 Å². The van der Waals surface area contributed by atoms with Gasteiger partial charge in [0.25, 0.3) is 0 Å². The molecular weight excluding hydrogens is 490 g/mol. The van der Waals surface area contributed by atoms with E-state index in [-0.39, 0.29) is 11.6 Å². The van der Waals surface area contributed by atoms with Crippen molar-refractivity contribution in [1.29, 1.82) is 0 Å². The molecule has 35 heavy (non-hydrogen) atoms. The number of benzene rings is 2. The van der Waals surface area contributed by atoms with Crippen molar-refractivity contribution < 1.29 is 27.2 Å².